The van der Waals surface area contributed by atoms with Crippen molar-refractivity contribution in [3.8, 4) is 16.9 Å². The van der Waals surface area contributed by atoms with Gasteiger partial charge in [-0.05, 0) is 29.2 Å². The fourth-order valence-corrected chi connectivity index (χ4v) is 4.57. The van der Waals surface area contributed by atoms with Crippen LogP contribution in [0.1, 0.15) is 31.9 Å². The summed E-state index contributed by atoms with van der Waals surface area (Å²) in [6.45, 7) is 8.38. The lowest BCUT2D eigenvalue weighted by Gasteiger charge is -2.29. The van der Waals surface area contributed by atoms with Crippen molar-refractivity contribution in [3.05, 3.63) is 47.8 Å². The maximum Gasteiger partial charge on any atom is 0.221 e. The van der Waals surface area contributed by atoms with Crippen molar-refractivity contribution in [2.45, 2.75) is 32.7 Å². The highest BCUT2D eigenvalue weighted by atomic mass is 32.1. The first-order valence-corrected chi connectivity index (χ1v) is 11.3. The summed E-state index contributed by atoms with van der Waals surface area (Å²) in [7, 11) is 0. The molecule has 32 heavy (non-hydrogen) atoms. The smallest absolute Gasteiger partial charge is 0.221 e. The summed E-state index contributed by atoms with van der Waals surface area (Å²) in [6.07, 6.45) is 3.70. The van der Waals surface area contributed by atoms with E-state index in [0.29, 0.717) is 24.8 Å². The van der Waals surface area contributed by atoms with Crippen LogP contribution in [0.4, 0.5) is 16.9 Å². The van der Waals surface area contributed by atoms with Crippen LogP contribution < -0.4 is 21.1 Å². The Morgan fingerprint density at radius 2 is 1.88 bits per heavy atom. The number of benzene rings is 1. The Labute approximate surface area is 190 Å². The summed E-state index contributed by atoms with van der Waals surface area (Å²) in [6, 6.07) is 8.24. The maximum atomic E-state index is 6.06. The first-order chi connectivity index (χ1) is 15.3. The van der Waals surface area contributed by atoms with Gasteiger partial charge in [-0.1, -0.05) is 38.2 Å². The maximum absolute atomic E-state index is 6.06. The second-order valence-corrected chi connectivity index (χ2v) is 9.92. The number of aromatic nitrogens is 4. The summed E-state index contributed by atoms with van der Waals surface area (Å²) < 4.78 is 6.06. The van der Waals surface area contributed by atoms with Crippen molar-refractivity contribution in [2.75, 3.05) is 29.5 Å². The van der Waals surface area contributed by atoms with Gasteiger partial charge in [-0.3, -0.25) is 0 Å². The highest BCUT2D eigenvalue weighted by Gasteiger charge is 2.26. The molecule has 4 N–H and O–H groups in total. The van der Waals surface area contributed by atoms with Crippen LogP contribution in [0.25, 0.3) is 21.5 Å². The first kappa shape index (κ1) is 20.4. The zero-order chi connectivity index (χ0) is 22.5. The van der Waals surface area contributed by atoms with Gasteiger partial charge < -0.3 is 21.1 Å². The fraction of sp³-hybridized carbons (Fsp3) is 0.304. The van der Waals surface area contributed by atoms with E-state index >= 15 is 0 Å². The molecule has 1 aliphatic heterocycles. The number of nitrogens with two attached hydrogens (primary N) is 2. The van der Waals surface area contributed by atoms with Crippen LogP contribution in [0.2, 0.25) is 0 Å². The van der Waals surface area contributed by atoms with Gasteiger partial charge in [-0.2, -0.15) is 4.98 Å². The van der Waals surface area contributed by atoms with Gasteiger partial charge in [-0.25, -0.2) is 15.0 Å². The predicted octanol–water partition coefficient (Wildman–Crippen LogP) is 4.01. The lowest BCUT2D eigenvalue weighted by molar-refractivity contribution is 0.331. The van der Waals surface area contributed by atoms with E-state index in [0.717, 1.165) is 44.2 Å². The number of pyridine rings is 1. The molecule has 4 aromatic rings. The van der Waals surface area contributed by atoms with Crippen LogP contribution in [0.15, 0.2) is 36.7 Å². The number of nitrogens with zero attached hydrogens (tertiary/aromatic N) is 5. The Kier molecular flexibility index (Phi) is 4.85. The van der Waals surface area contributed by atoms with Crippen LogP contribution in [-0.4, -0.2) is 33.1 Å². The van der Waals surface area contributed by atoms with E-state index in [1.807, 2.05) is 24.5 Å². The molecule has 0 saturated heterocycles. The Morgan fingerprint density at radius 3 is 2.69 bits per heavy atom. The van der Waals surface area contributed by atoms with E-state index in [1.165, 1.54) is 11.3 Å². The van der Waals surface area contributed by atoms with Gasteiger partial charge in [0.15, 0.2) is 5.13 Å². The second kappa shape index (κ2) is 7.59. The Morgan fingerprint density at radius 1 is 1.03 bits per heavy atom. The van der Waals surface area contributed by atoms with E-state index < -0.39 is 0 Å². The number of hydrogen-bond donors (Lipinski definition) is 2. The van der Waals surface area contributed by atoms with Crippen LogP contribution in [0, 0.1) is 0 Å². The zero-order valence-electron chi connectivity index (χ0n) is 18.3. The number of rotatable bonds is 2. The highest BCUT2D eigenvalue weighted by molar-refractivity contribution is 7.21. The van der Waals surface area contributed by atoms with E-state index in [2.05, 4.69) is 57.7 Å². The molecule has 0 fully saturated rings. The molecule has 5 rings (SSSR count). The summed E-state index contributed by atoms with van der Waals surface area (Å²) in [5.41, 5.74) is 16.7. The molecule has 0 radical (unpaired) electrons. The van der Waals surface area contributed by atoms with Crippen LogP contribution in [0.5, 0.6) is 5.75 Å². The molecule has 0 aliphatic carbocycles. The highest BCUT2D eigenvalue weighted by Crippen LogP contribution is 2.35. The number of thiazole rings is 1. The van der Waals surface area contributed by atoms with Crippen LogP contribution in [-0.2, 0) is 12.0 Å². The van der Waals surface area contributed by atoms with Gasteiger partial charge >= 0.3 is 0 Å². The summed E-state index contributed by atoms with van der Waals surface area (Å²) in [5.74, 6) is 2.00. The third kappa shape index (κ3) is 3.80. The number of hydrogen-bond acceptors (Lipinski definition) is 9. The van der Waals surface area contributed by atoms with Gasteiger partial charge in [0.25, 0.3) is 0 Å². The van der Waals surface area contributed by atoms with Gasteiger partial charge in [0.05, 0.1) is 6.54 Å². The molecule has 0 spiro atoms. The SMILES string of the molecule is CC(C)(C)c1cnc(N)nc1N1CCOc2ccc(-c3cnc4sc(N)nc4c3)cc2C1. The van der Waals surface area contributed by atoms with Crippen molar-refractivity contribution in [3.63, 3.8) is 0 Å². The van der Waals surface area contributed by atoms with Gasteiger partial charge in [0, 0.05) is 35.6 Å². The number of fused-ring (bicyclic) bond motifs is 2. The summed E-state index contributed by atoms with van der Waals surface area (Å²) in [4.78, 5) is 20.8. The molecular formula is C23H25N7OS. The summed E-state index contributed by atoms with van der Waals surface area (Å²) >= 11 is 1.39. The van der Waals surface area contributed by atoms with Crippen molar-refractivity contribution in [1.29, 1.82) is 0 Å². The minimum atomic E-state index is -0.114. The standard InChI is InChI=1S/C23H25N7OS/c1-23(2,3)16-11-27-21(24)29-19(16)30-6-7-31-18-5-4-13(8-15(18)12-30)14-9-17-20(26-10-14)32-22(25)28-17/h4-5,8-11H,6-7,12H2,1-3H3,(H2,25,28)(H2,24,27,29). The molecule has 0 atom stereocenters. The number of ether oxygens (including phenoxy) is 1. The van der Waals surface area contributed by atoms with Gasteiger partial charge in [0.2, 0.25) is 5.95 Å². The molecular weight excluding hydrogens is 422 g/mol. The predicted molar refractivity (Wildman–Crippen MR) is 129 cm³/mol. The van der Waals surface area contributed by atoms with Crippen molar-refractivity contribution >= 4 is 38.6 Å². The first-order valence-electron chi connectivity index (χ1n) is 10.4. The molecule has 1 aromatic carbocycles. The van der Waals surface area contributed by atoms with Gasteiger partial charge in [-0.15, -0.1) is 0 Å². The lowest BCUT2D eigenvalue weighted by Crippen LogP contribution is -2.30. The molecule has 8 nitrogen and oxygen atoms in total. The molecule has 1 aliphatic rings. The minimum Gasteiger partial charge on any atom is -0.491 e. The van der Waals surface area contributed by atoms with Crippen molar-refractivity contribution < 1.29 is 4.74 Å². The summed E-state index contributed by atoms with van der Waals surface area (Å²) in [5, 5.41) is 0.523. The third-order valence-corrected chi connectivity index (χ3v) is 6.34. The van der Waals surface area contributed by atoms with E-state index in [4.69, 9.17) is 16.2 Å². The Hall–Kier alpha value is -3.46. The molecule has 4 heterocycles. The molecule has 0 amide bonds. The minimum absolute atomic E-state index is 0.114. The number of nitrogen functional groups attached to an aromatic ring is 2. The Bertz CT molecular complexity index is 1310. The van der Waals surface area contributed by atoms with E-state index in [9.17, 15) is 0 Å². The molecule has 0 bridgehead atoms. The van der Waals surface area contributed by atoms with E-state index in [1.54, 1.807) is 0 Å². The topological polar surface area (TPSA) is 116 Å². The lowest BCUT2D eigenvalue weighted by atomic mass is 9.88. The average Bonchev–Trinajstić information content (AvgIpc) is 2.98. The zero-order valence-corrected chi connectivity index (χ0v) is 19.1. The third-order valence-electron chi connectivity index (χ3n) is 5.53. The largest absolute Gasteiger partial charge is 0.491 e. The molecule has 3 aromatic heterocycles. The number of anilines is 3. The van der Waals surface area contributed by atoms with E-state index in [-0.39, 0.29) is 11.4 Å². The average molecular weight is 448 g/mol. The molecule has 9 heteroatoms. The van der Waals surface area contributed by atoms with Crippen LogP contribution in [0.3, 0.4) is 0 Å². The Balaban J connectivity index is 1.53. The van der Waals surface area contributed by atoms with Crippen molar-refractivity contribution in [2.24, 2.45) is 0 Å². The van der Waals surface area contributed by atoms with Gasteiger partial charge in [0.1, 0.15) is 28.5 Å². The van der Waals surface area contributed by atoms with Crippen LogP contribution >= 0.6 is 11.3 Å². The van der Waals surface area contributed by atoms with Crippen molar-refractivity contribution in [1.82, 2.24) is 19.9 Å². The molecule has 164 valence electrons. The fourth-order valence-electron chi connectivity index (χ4n) is 3.91. The second-order valence-electron chi connectivity index (χ2n) is 8.91. The molecule has 0 saturated carbocycles. The monoisotopic (exact) mass is 447 g/mol. The molecule has 0 unspecified atom stereocenters. The normalized spacial score (nSPS) is 14.2. The quantitative estimate of drug-likeness (QED) is 0.473.